The van der Waals surface area contributed by atoms with Crippen molar-refractivity contribution in [3.05, 3.63) is 146 Å². The van der Waals surface area contributed by atoms with Crippen molar-refractivity contribution in [1.29, 1.82) is 0 Å². The Balaban J connectivity index is 0.000000231. The van der Waals surface area contributed by atoms with Crippen molar-refractivity contribution in [2.45, 2.75) is 13.1 Å². The van der Waals surface area contributed by atoms with Gasteiger partial charge in [0.05, 0.1) is 0 Å². The van der Waals surface area contributed by atoms with Crippen LogP contribution in [0.3, 0.4) is 0 Å². The molecule has 0 heterocycles. The van der Waals surface area contributed by atoms with E-state index in [1.165, 1.54) is 45.8 Å². The van der Waals surface area contributed by atoms with E-state index in [0.717, 1.165) is 9.52 Å². The molecular formula is C32H30O2SiZr. The third kappa shape index (κ3) is 12.5. The van der Waals surface area contributed by atoms with Gasteiger partial charge < -0.3 is 10.2 Å². The van der Waals surface area contributed by atoms with Crippen LogP contribution in [0.2, 0.25) is 13.1 Å². The Labute approximate surface area is 236 Å². The normalized spacial score (nSPS) is 8.94. The molecule has 2 nitrogen and oxygen atoms in total. The Hall–Kier alpha value is -3.20. The minimum atomic E-state index is 0. The van der Waals surface area contributed by atoms with E-state index in [1.54, 1.807) is 24.3 Å². The van der Waals surface area contributed by atoms with Crippen molar-refractivity contribution < 1.29 is 36.4 Å². The number of hydrogen-bond acceptors (Lipinski definition) is 2. The van der Waals surface area contributed by atoms with Gasteiger partial charge in [0.2, 0.25) is 0 Å². The fraction of sp³-hybridized carbons (Fsp3) is 0.0625. The molecule has 4 heteroatoms. The summed E-state index contributed by atoms with van der Waals surface area (Å²) >= 11 is 0. The second-order valence-corrected chi connectivity index (χ2v) is 8.44. The van der Waals surface area contributed by atoms with Gasteiger partial charge in [-0.1, -0.05) is 85.9 Å². The predicted molar refractivity (Wildman–Crippen MR) is 148 cm³/mol. The second kappa shape index (κ2) is 19.0. The molecule has 0 aliphatic heterocycles. The van der Waals surface area contributed by atoms with Crippen molar-refractivity contribution >= 4 is 31.1 Å². The molecule has 178 valence electrons. The van der Waals surface area contributed by atoms with Crippen molar-refractivity contribution in [3.8, 4) is 11.5 Å². The van der Waals surface area contributed by atoms with Crippen molar-refractivity contribution in [1.82, 2.24) is 0 Å². The maximum Gasteiger partial charge on any atom is 4.00 e. The Morgan fingerprint density at radius 2 is 0.778 bits per heavy atom. The molecule has 2 radical (unpaired) electrons. The Morgan fingerprint density at radius 1 is 0.472 bits per heavy atom. The molecule has 0 spiro atoms. The minimum absolute atomic E-state index is 0. The molecule has 0 aliphatic rings. The van der Waals surface area contributed by atoms with Gasteiger partial charge in [0.1, 0.15) is 0 Å². The predicted octanol–water partition coefficient (Wildman–Crippen LogP) is 7.42. The van der Waals surface area contributed by atoms with E-state index in [-0.39, 0.29) is 37.7 Å². The molecule has 0 atom stereocenters. The van der Waals surface area contributed by atoms with Gasteiger partial charge in [0.15, 0.2) is 0 Å². The van der Waals surface area contributed by atoms with Crippen LogP contribution >= 0.6 is 0 Å². The van der Waals surface area contributed by atoms with Gasteiger partial charge in [0, 0.05) is 9.52 Å². The average molecular weight is 566 g/mol. The van der Waals surface area contributed by atoms with Crippen molar-refractivity contribution in [3.63, 3.8) is 0 Å². The van der Waals surface area contributed by atoms with Crippen molar-refractivity contribution in [2.24, 2.45) is 0 Å². The van der Waals surface area contributed by atoms with E-state index < -0.39 is 0 Å². The average Bonchev–Trinajstić information content (AvgIpc) is 3.56. The van der Waals surface area contributed by atoms with Gasteiger partial charge in [-0.3, -0.25) is 0 Å². The second-order valence-electron chi connectivity index (χ2n) is 7.44. The molecule has 0 N–H and O–H groups in total. The van der Waals surface area contributed by atoms with Crippen LogP contribution in [0.4, 0.5) is 0 Å². The summed E-state index contributed by atoms with van der Waals surface area (Å²) in [4.78, 5) is 0. The van der Waals surface area contributed by atoms with Crippen LogP contribution in [0.1, 0.15) is 0 Å². The molecule has 0 bridgehead atoms. The zero-order valence-electron chi connectivity index (χ0n) is 20.7. The Kier molecular flexibility index (Phi) is 16.3. The topological polar surface area (TPSA) is 46.1 Å². The number of fused-ring (bicyclic) bond motifs is 2. The Morgan fingerprint density at radius 3 is 1.06 bits per heavy atom. The summed E-state index contributed by atoms with van der Waals surface area (Å²) in [6.07, 6.45) is 0. The molecule has 0 amide bonds. The maximum atomic E-state index is 10.3. The largest absolute Gasteiger partial charge is 4.00 e. The minimum Gasteiger partial charge on any atom is -0.872 e. The molecule has 0 unspecified atom stereocenters. The fourth-order valence-electron chi connectivity index (χ4n) is 2.98. The zero-order valence-corrected chi connectivity index (χ0v) is 24.1. The molecule has 0 fully saturated rings. The molecule has 0 saturated heterocycles. The van der Waals surface area contributed by atoms with Gasteiger partial charge in [-0.05, 0) is 0 Å². The summed E-state index contributed by atoms with van der Waals surface area (Å²) in [7, 11) is 1.08. The van der Waals surface area contributed by atoms with Crippen LogP contribution in [0.5, 0.6) is 11.5 Å². The number of para-hydroxylation sites is 2. The standard InChI is InChI=1S/2C9H7.2C6H6O.C2H6Si.Zr/c2*1-2-5-9-7-3-6-8(9)4-1;2*7-6-4-2-1-3-5-6;1-3-2;/h2*1-7H;2*1-5,7H;1-2H3;/q2*-1;;;;+4/p-2. The van der Waals surface area contributed by atoms with Crippen LogP contribution < -0.4 is 10.2 Å². The summed E-state index contributed by atoms with van der Waals surface area (Å²) in [6, 6.07) is 46.0. The van der Waals surface area contributed by atoms with Crippen LogP contribution in [0.25, 0.3) is 21.5 Å². The SMILES string of the molecule is C[Si]C.[O-]c1ccccc1.[O-]c1ccccc1.[Zr+4].c1ccc2[cH-]ccc2c1.c1ccc2[cH-]ccc2c1. The molecule has 36 heavy (non-hydrogen) atoms. The van der Waals surface area contributed by atoms with E-state index in [9.17, 15) is 10.2 Å². The molecule has 0 aliphatic carbocycles. The first kappa shape index (κ1) is 30.8. The fourth-order valence-corrected chi connectivity index (χ4v) is 2.98. The van der Waals surface area contributed by atoms with E-state index in [2.05, 4.69) is 98.0 Å². The molecule has 0 saturated carbocycles. The molecule has 0 aromatic heterocycles. The first-order valence-electron chi connectivity index (χ1n) is 11.4. The molecule has 6 rings (SSSR count). The summed E-state index contributed by atoms with van der Waals surface area (Å²) in [6.45, 7) is 4.31. The van der Waals surface area contributed by atoms with Crippen molar-refractivity contribution in [2.75, 3.05) is 0 Å². The molecular weight excluding hydrogens is 536 g/mol. The quantitative estimate of drug-likeness (QED) is 0.142. The smallest absolute Gasteiger partial charge is 0.872 e. The summed E-state index contributed by atoms with van der Waals surface area (Å²) in [5.74, 6) is 0.144. The monoisotopic (exact) mass is 564 g/mol. The maximum absolute atomic E-state index is 10.3. The molecule has 6 aromatic carbocycles. The van der Waals surface area contributed by atoms with Crippen LogP contribution in [-0.2, 0) is 26.2 Å². The van der Waals surface area contributed by atoms with Gasteiger partial charge in [0.25, 0.3) is 0 Å². The number of rotatable bonds is 0. The third-order valence-corrected chi connectivity index (χ3v) is 4.58. The first-order chi connectivity index (χ1) is 17.1. The third-order valence-electron chi connectivity index (χ3n) is 4.58. The summed E-state index contributed by atoms with van der Waals surface area (Å²) in [5.41, 5.74) is 0. The first-order valence-corrected chi connectivity index (χ1v) is 13.4. The van der Waals surface area contributed by atoms with Crippen LogP contribution in [0.15, 0.2) is 146 Å². The van der Waals surface area contributed by atoms with Crippen LogP contribution in [-0.4, -0.2) is 9.52 Å². The Bertz CT molecular complexity index is 1150. The summed E-state index contributed by atoms with van der Waals surface area (Å²) in [5, 5.41) is 25.9. The summed E-state index contributed by atoms with van der Waals surface area (Å²) < 4.78 is 0. The van der Waals surface area contributed by atoms with E-state index in [0.29, 0.717) is 0 Å². The van der Waals surface area contributed by atoms with Crippen LogP contribution in [0, 0.1) is 0 Å². The van der Waals surface area contributed by atoms with Gasteiger partial charge in [-0.25, -0.2) is 0 Å². The van der Waals surface area contributed by atoms with E-state index >= 15 is 0 Å². The van der Waals surface area contributed by atoms with E-state index in [1.807, 2.05) is 12.1 Å². The van der Waals surface area contributed by atoms with Gasteiger partial charge in [-0.2, -0.15) is 35.0 Å². The number of benzene rings is 4. The number of hydrogen-bond donors (Lipinski definition) is 0. The van der Waals surface area contributed by atoms with Gasteiger partial charge >= 0.3 is 26.2 Å². The van der Waals surface area contributed by atoms with E-state index in [4.69, 9.17) is 0 Å². The zero-order chi connectivity index (χ0) is 25.1. The molecule has 6 aromatic rings. The van der Waals surface area contributed by atoms with Gasteiger partial charge in [-0.15, -0.1) is 70.8 Å².